The van der Waals surface area contributed by atoms with Crippen LogP contribution in [0.3, 0.4) is 0 Å². The summed E-state index contributed by atoms with van der Waals surface area (Å²) in [5.41, 5.74) is 16.9. The number of para-hydroxylation sites is 1. The highest BCUT2D eigenvalue weighted by molar-refractivity contribution is 6.09. The lowest BCUT2D eigenvalue weighted by molar-refractivity contribution is 0.318. The molecule has 1 aliphatic heterocycles. The average Bonchev–Trinajstić information content (AvgIpc) is 3.54. The fraction of sp³-hybridized carbons (Fsp3) is 0.467. The molecule has 6 N–H and O–H groups in total. The highest BCUT2D eigenvalue weighted by Crippen LogP contribution is 2.34. The summed E-state index contributed by atoms with van der Waals surface area (Å²) < 4.78 is 7.86. The number of hydrogen-bond donors (Lipinski definition) is 4. The molecular formula is C30H45N7O2. The van der Waals surface area contributed by atoms with Gasteiger partial charge in [0.25, 0.3) is 0 Å². The van der Waals surface area contributed by atoms with Gasteiger partial charge in [-0.05, 0) is 70.1 Å². The summed E-state index contributed by atoms with van der Waals surface area (Å²) >= 11 is 0. The molecule has 1 aliphatic rings. The Balaban J connectivity index is 0.000000400. The first kappa shape index (κ1) is 30.1. The summed E-state index contributed by atoms with van der Waals surface area (Å²) in [6, 6.07) is 14.3. The molecular weight excluding hydrogens is 490 g/mol. The van der Waals surface area contributed by atoms with Crippen molar-refractivity contribution in [2.45, 2.75) is 52.6 Å². The van der Waals surface area contributed by atoms with Gasteiger partial charge in [0, 0.05) is 30.6 Å². The highest BCUT2D eigenvalue weighted by atomic mass is 16.5. The van der Waals surface area contributed by atoms with Crippen LogP contribution in [0, 0.1) is 0 Å². The summed E-state index contributed by atoms with van der Waals surface area (Å²) in [6.45, 7) is 8.65. The summed E-state index contributed by atoms with van der Waals surface area (Å²) in [5.74, 6) is 1.86. The number of unbranched alkanes of at least 4 members (excludes halogenated alkanes) is 1. The second kappa shape index (κ2) is 15.3. The Kier molecular flexibility index (Phi) is 11.8. The van der Waals surface area contributed by atoms with Crippen molar-refractivity contribution < 1.29 is 9.84 Å². The van der Waals surface area contributed by atoms with E-state index in [1.807, 2.05) is 24.3 Å². The van der Waals surface area contributed by atoms with Gasteiger partial charge in [0.1, 0.15) is 16.8 Å². The van der Waals surface area contributed by atoms with E-state index in [-0.39, 0.29) is 12.6 Å². The largest absolute Gasteiger partial charge is 0.496 e. The number of hydrogen-bond acceptors (Lipinski definition) is 8. The quantitative estimate of drug-likeness (QED) is 0.241. The van der Waals surface area contributed by atoms with E-state index in [0.717, 1.165) is 64.0 Å². The van der Waals surface area contributed by atoms with Crippen LogP contribution in [0.4, 0.5) is 11.8 Å². The van der Waals surface area contributed by atoms with Crippen molar-refractivity contribution in [1.82, 2.24) is 19.4 Å². The molecule has 0 saturated carbocycles. The van der Waals surface area contributed by atoms with Crippen LogP contribution >= 0.6 is 0 Å². The molecule has 3 heterocycles. The van der Waals surface area contributed by atoms with Crippen molar-refractivity contribution in [2.24, 2.45) is 5.73 Å². The molecule has 1 saturated heterocycles. The molecule has 2 aromatic heterocycles. The maximum absolute atomic E-state index is 7.57. The Morgan fingerprint density at radius 1 is 1.08 bits per heavy atom. The van der Waals surface area contributed by atoms with Crippen molar-refractivity contribution in [3.05, 3.63) is 53.6 Å². The molecule has 5 rings (SSSR count). The van der Waals surface area contributed by atoms with Gasteiger partial charge in [-0.15, -0.1) is 0 Å². The molecule has 1 fully saturated rings. The molecule has 39 heavy (non-hydrogen) atoms. The number of rotatable bonds is 8. The van der Waals surface area contributed by atoms with Crippen LogP contribution in [0.1, 0.15) is 50.7 Å². The van der Waals surface area contributed by atoms with Crippen LogP contribution < -0.4 is 21.5 Å². The van der Waals surface area contributed by atoms with E-state index in [2.05, 4.69) is 56.9 Å². The number of benzene rings is 2. The maximum Gasteiger partial charge on any atom is 0.222 e. The third-order valence-corrected chi connectivity index (χ3v) is 6.68. The van der Waals surface area contributed by atoms with Gasteiger partial charge in [-0.2, -0.15) is 4.98 Å². The number of aromatic nitrogens is 3. The second-order valence-electron chi connectivity index (χ2n) is 9.69. The number of nitrogens with two attached hydrogens (primary N) is 2. The van der Waals surface area contributed by atoms with E-state index in [1.165, 1.54) is 25.9 Å². The molecule has 0 spiro atoms. The van der Waals surface area contributed by atoms with Gasteiger partial charge in [-0.25, -0.2) is 4.98 Å². The van der Waals surface area contributed by atoms with Gasteiger partial charge in [-0.1, -0.05) is 37.6 Å². The third kappa shape index (κ3) is 7.81. The van der Waals surface area contributed by atoms with Crippen molar-refractivity contribution in [3.63, 3.8) is 0 Å². The number of aliphatic hydroxyl groups excluding tert-OH is 1. The normalized spacial score (nSPS) is 13.1. The average molecular weight is 536 g/mol. The van der Waals surface area contributed by atoms with Crippen molar-refractivity contribution in [3.8, 4) is 5.75 Å². The first-order chi connectivity index (χ1) is 19.0. The Bertz CT molecular complexity index is 1320. The first-order valence-corrected chi connectivity index (χ1v) is 13.9. The number of likely N-dealkylation sites (tertiary alicyclic amines) is 1. The number of methoxy groups -OCH3 is 1. The molecule has 4 aromatic rings. The summed E-state index contributed by atoms with van der Waals surface area (Å²) in [4.78, 5) is 11.5. The zero-order valence-corrected chi connectivity index (χ0v) is 23.9. The summed E-state index contributed by atoms with van der Waals surface area (Å²) in [5, 5.41) is 12.1. The Morgan fingerprint density at radius 2 is 1.79 bits per heavy atom. The van der Waals surface area contributed by atoms with Crippen molar-refractivity contribution >= 4 is 33.7 Å². The van der Waals surface area contributed by atoms with Gasteiger partial charge in [0.15, 0.2) is 5.82 Å². The lowest BCUT2D eigenvalue weighted by atomic mass is 10.1. The molecule has 9 heteroatoms. The van der Waals surface area contributed by atoms with E-state index in [0.29, 0.717) is 13.1 Å². The van der Waals surface area contributed by atoms with Gasteiger partial charge >= 0.3 is 0 Å². The number of fused-ring (bicyclic) bond motifs is 3. The lowest BCUT2D eigenvalue weighted by Crippen LogP contribution is -2.10. The van der Waals surface area contributed by atoms with Gasteiger partial charge < -0.3 is 36.1 Å². The SMILES string of the molecule is CCCCNc1nc(N)nc2c3ccccc3n(Cc3cc(CN)ccc3OC)c12.CCO.CN1CCCC1. The van der Waals surface area contributed by atoms with Crippen LogP contribution in [-0.2, 0) is 13.1 Å². The second-order valence-corrected chi connectivity index (χ2v) is 9.69. The molecule has 0 aliphatic carbocycles. The Labute approximate surface area is 232 Å². The van der Waals surface area contributed by atoms with Gasteiger partial charge in [0.05, 0.1) is 19.2 Å². The molecule has 0 amide bonds. The van der Waals surface area contributed by atoms with Crippen LogP contribution in [0.5, 0.6) is 5.75 Å². The predicted octanol–water partition coefficient (Wildman–Crippen LogP) is 4.60. The number of nitrogens with one attached hydrogen (secondary N) is 1. The summed E-state index contributed by atoms with van der Waals surface area (Å²) in [7, 11) is 3.86. The van der Waals surface area contributed by atoms with E-state index in [1.54, 1.807) is 14.0 Å². The monoisotopic (exact) mass is 535 g/mol. The van der Waals surface area contributed by atoms with E-state index in [4.69, 9.17) is 21.3 Å². The zero-order valence-electron chi connectivity index (χ0n) is 23.9. The van der Waals surface area contributed by atoms with Crippen molar-refractivity contribution in [2.75, 3.05) is 51.4 Å². The number of ether oxygens (including phenoxy) is 1. The highest BCUT2D eigenvalue weighted by Gasteiger charge is 2.19. The standard InChI is InChI=1S/C23H28N6O.C5H11N.C2H6O/c1-3-4-11-26-22-21-20(27-23(25)28-22)17-7-5-6-8-18(17)29(21)14-16-12-15(13-24)9-10-19(16)30-2;1-6-4-2-3-5-6;1-2-3/h5-10,12H,3-4,11,13-14,24H2,1-2H3,(H3,25,26,27,28);2-5H2,1H3;3H,2H2,1H3. The Hall–Kier alpha value is -3.40. The van der Waals surface area contributed by atoms with Gasteiger partial charge in [0.2, 0.25) is 5.95 Å². The molecule has 0 unspecified atom stereocenters. The number of anilines is 2. The minimum absolute atomic E-state index is 0.250. The van der Waals surface area contributed by atoms with Gasteiger partial charge in [-0.3, -0.25) is 0 Å². The maximum atomic E-state index is 7.57. The number of nitrogen functional groups attached to an aromatic ring is 1. The fourth-order valence-corrected chi connectivity index (χ4v) is 4.74. The molecule has 0 atom stereocenters. The van der Waals surface area contributed by atoms with Crippen molar-refractivity contribution in [1.29, 1.82) is 0 Å². The topological polar surface area (TPSA) is 127 Å². The Morgan fingerprint density at radius 3 is 2.41 bits per heavy atom. The van der Waals surface area contributed by atoms with E-state index >= 15 is 0 Å². The molecule has 212 valence electrons. The smallest absolute Gasteiger partial charge is 0.222 e. The number of aliphatic hydroxyl groups is 1. The molecule has 0 radical (unpaired) electrons. The molecule has 9 nitrogen and oxygen atoms in total. The third-order valence-electron chi connectivity index (χ3n) is 6.68. The molecule has 2 aromatic carbocycles. The molecule has 0 bridgehead atoms. The first-order valence-electron chi connectivity index (χ1n) is 13.9. The lowest BCUT2D eigenvalue weighted by Gasteiger charge is -2.15. The zero-order chi connectivity index (χ0) is 28.2. The fourth-order valence-electron chi connectivity index (χ4n) is 4.74. The van der Waals surface area contributed by atoms with Crippen LogP contribution in [0.15, 0.2) is 42.5 Å². The van der Waals surface area contributed by atoms with Crippen LogP contribution in [0.25, 0.3) is 21.9 Å². The van der Waals surface area contributed by atoms with E-state index < -0.39 is 0 Å². The minimum atomic E-state index is 0.250. The minimum Gasteiger partial charge on any atom is -0.496 e. The predicted molar refractivity (Wildman–Crippen MR) is 162 cm³/mol. The summed E-state index contributed by atoms with van der Waals surface area (Å²) in [6.07, 6.45) is 4.98. The van der Waals surface area contributed by atoms with Crippen LogP contribution in [-0.4, -0.2) is 64.9 Å². The van der Waals surface area contributed by atoms with Crippen LogP contribution in [0.2, 0.25) is 0 Å². The number of nitrogens with zero attached hydrogens (tertiary/aromatic N) is 4. The van der Waals surface area contributed by atoms with E-state index in [9.17, 15) is 0 Å².